The molecule has 0 saturated heterocycles. The summed E-state index contributed by atoms with van der Waals surface area (Å²) in [6, 6.07) is 12.3. The number of fused-ring (bicyclic) bond motifs is 1. The van der Waals surface area contributed by atoms with Crippen molar-refractivity contribution in [2.45, 2.75) is 44.0 Å². The zero-order valence-corrected chi connectivity index (χ0v) is 20.7. The molecule has 2 aromatic carbocycles. The predicted molar refractivity (Wildman–Crippen MR) is 130 cm³/mol. The standard InChI is InChI=1S/C28H30FNO6/c1-33-19-6-4-5-17(14-19)25-24-26(31)20-15-18(29)8-10-21(20)36-27(24)28(32)30(25)12-11-16-7-9-22(34-2)23(13-16)35-3/h4-7,9,13-14,18,20-21,25H,8,10-12,15H2,1-3H3. The molecule has 0 N–H and O–H groups in total. The van der Waals surface area contributed by atoms with E-state index < -0.39 is 24.2 Å². The molecule has 1 fully saturated rings. The number of rotatable bonds is 7. The van der Waals surface area contributed by atoms with Gasteiger partial charge in [-0.2, -0.15) is 0 Å². The van der Waals surface area contributed by atoms with E-state index in [-0.39, 0.29) is 23.9 Å². The third-order valence-electron chi connectivity index (χ3n) is 7.38. The molecule has 0 radical (unpaired) electrons. The fourth-order valence-corrected chi connectivity index (χ4v) is 5.54. The lowest BCUT2D eigenvalue weighted by Gasteiger charge is -2.36. The molecule has 2 aliphatic heterocycles. The number of alkyl halides is 1. The van der Waals surface area contributed by atoms with E-state index in [1.54, 1.807) is 26.2 Å². The van der Waals surface area contributed by atoms with Crippen LogP contribution in [0.25, 0.3) is 0 Å². The second kappa shape index (κ2) is 9.84. The minimum atomic E-state index is -1.03. The Morgan fingerprint density at radius 2 is 1.81 bits per heavy atom. The first-order valence-corrected chi connectivity index (χ1v) is 12.2. The first-order valence-electron chi connectivity index (χ1n) is 12.2. The normalized spacial score (nSPS) is 25.3. The van der Waals surface area contributed by atoms with E-state index in [0.29, 0.717) is 48.6 Å². The monoisotopic (exact) mass is 495 g/mol. The highest BCUT2D eigenvalue weighted by atomic mass is 19.1. The third-order valence-corrected chi connectivity index (χ3v) is 7.38. The van der Waals surface area contributed by atoms with Crippen LogP contribution in [0.15, 0.2) is 53.8 Å². The first-order chi connectivity index (χ1) is 17.4. The van der Waals surface area contributed by atoms with E-state index in [4.69, 9.17) is 18.9 Å². The number of benzene rings is 2. The van der Waals surface area contributed by atoms with Gasteiger partial charge in [-0.3, -0.25) is 9.59 Å². The van der Waals surface area contributed by atoms with Crippen molar-refractivity contribution in [2.24, 2.45) is 5.92 Å². The lowest BCUT2D eigenvalue weighted by molar-refractivity contribution is -0.136. The van der Waals surface area contributed by atoms with Gasteiger partial charge in [0.25, 0.3) is 5.91 Å². The van der Waals surface area contributed by atoms with Crippen molar-refractivity contribution in [1.82, 2.24) is 4.90 Å². The summed E-state index contributed by atoms with van der Waals surface area (Å²) in [7, 11) is 4.73. The summed E-state index contributed by atoms with van der Waals surface area (Å²) in [5.41, 5.74) is 2.04. The average molecular weight is 496 g/mol. The summed E-state index contributed by atoms with van der Waals surface area (Å²) in [6.07, 6.45) is -0.0606. The van der Waals surface area contributed by atoms with Crippen molar-refractivity contribution in [3.05, 3.63) is 64.9 Å². The predicted octanol–water partition coefficient (Wildman–Crippen LogP) is 4.20. The molecule has 2 heterocycles. The van der Waals surface area contributed by atoms with Crippen molar-refractivity contribution >= 4 is 11.7 Å². The Balaban J connectivity index is 1.49. The van der Waals surface area contributed by atoms with Crippen molar-refractivity contribution in [3.8, 4) is 17.2 Å². The first kappa shape index (κ1) is 24.2. The van der Waals surface area contributed by atoms with Crippen LogP contribution in [0.5, 0.6) is 17.2 Å². The van der Waals surface area contributed by atoms with Crippen molar-refractivity contribution in [2.75, 3.05) is 27.9 Å². The fourth-order valence-electron chi connectivity index (χ4n) is 5.54. The smallest absolute Gasteiger partial charge is 0.290 e. The molecule has 4 unspecified atom stereocenters. The summed E-state index contributed by atoms with van der Waals surface area (Å²) in [5, 5.41) is 0. The molecule has 0 aromatic heterocycles. The van der Waals surface area contributed by atoms with Gasteiger partial charge < -0.3 is 23.8 Å². The SMILES string of the molecule is COc1cccc(C2C3=C(OC4CCC(F)CC4C3=O)C(=O)N2CCc2ccc(OC)c(OC)c2)c1. The maximum atomic E-state index is 14.2. The van der Waals surface area contributed by atoms with Gasteiger partial charge in [0.05, 0.1) is 38.9 Å². The van der Waals surface area contributed by atoms with Gasteiger partial charge in [-0.05, 0) is 61.1 Å². The fraction of sp³-hybridized carbons (Fsp3) is 0.429. The van der Waals surface area contributed by atoms with Crippen LogP contribution in [0, 0.1) is 5.92 Å². The molecule has 8 heteroatoms. The number of carbonyl (C=O) groups excluding carboxylic acids is 2. The maximum absolute atomic E-state index is 14.2. The van der Waals surface area contributed by atoms with Crippen LogP contribution in [0.1, 0.15) is 36.4 Å². The number of Topliss-reactive ketones (excluding diaryl/α,β-unsaturated/α-hetero) is 1. The van der Waals surface area contributed by atoms with Gasteiger partial charge in [-0.15, -0.1) is 0 Å². The lowest BCUT2D eigenvalue weighted by Crippen LogP contribution is -2.42. The molecule has 2 aromatic rings. The molecule has 7 nitrogen and oxygen atoms in total. The van der Waals surface area contributed by atoms with E-state index in [1.165, 1.54) is 0 Å². The minimum Gasteiger partial charge on any atom is -0.497 e. The molecule has 4 atom stereocenters. The van der Waals surface area contributed by atoms with Gasteiger partial charge in [-0.1, -0.05) is 18.2 Å². The highest BCUT2D eigenvalue weighted by Gasteiger charge is 2.52. The number of nitrogens with zero attached hydrogens (tertiary/aromatic N) is 1. The van der Waals surface area contributed by atoms with Gasteiger partial charge in [0.2, 0.25) is 0 Å². The van der Waals surface area contributed by atoms with E-state index in [2.05, 4.69) is 0 Å². The van der Waals surface area contributed by atoms with Gasteiger partial charge >= 0.3 is 0 Å². The molecule has 36 heavy (non-hydrogen) atoms. The minimum absolute atomic E-state index is 0.110. The molecule has 0 bridgehead atoms. The molecule has 1 aliphatic carbocycles. The molecule has 190 valence electrons. The number of hydrogen-bond donors (Lipinski definition) is 0. The lowest BCUT2D eigenvalue weighted by atomic mass is 9.77. The van der Waals surface area contributed by atoms with Crippen molar-refractivity contribution < 1.29 is 32.9 Å². The van der Waals surface area contributed by atoms with Crippen LogP contribution in [-0.4, -0.2) is 56.7 Å². The Bertz CT molecular complexity index is 1210. The Labute approximate surface area is 209 Å². The van der Waals surface area contributed by atoms with Crippen LogP contribution in [-0.2, 0) is 20.7 Å². The number of amides is 1. The molecule has 0 spiro atoms. The Kier molecular flexibility index (Phi) is 6.60. The number of hydrogen-bond acceptors (Lipinski definition) is 6. The zero-order valence-electron chi connectivity index (χ0n) is 20.7. The van der Waals surface area contributed by atoms with Gasteiger partial charge in [0.1, 0.15) is 18.0 Å². The van der Waals surface area contributed by atoms with E-state index in [9.17, 15) is 14.0 Å². The van der Waals surface area contributed by atoms with E-state index in [1.807, 2.05) is 42.5 Å². The number of carbonyl (C=O) groups is 2. The van der Waals surface area contributed by atoms with E-state index in [0.717, 1.165) is 11.1 Å². The van der Waals surface area contributed by atoms with Crippen LogP contribution < -0.4 is 14.2 Å². The second-order valence-electron chi connectivity index (χ2n) is 9.40. The molecule has 1 amide bonds. The van der Waals surface area contributed by atoms with Crippen LogP contribution in [0.3, 0.4) is 0 Å². The van der Waals surface area contributed by atoms with Gasteiger partial charge in [0.15, 0.2) is 23.0 Å². The summed E-state index contributed by atoms with van der Waals surface area (Å²) >= 11 is 0. The Morgan fingerprint density at radius 1 is 1.00 bits per heavy atom. The molecule has 5 rings (SSSR count). The van der Waals surface area contributed by atoms with Crippen LogP contribution >= 0.6 is 0 Å². The molecule has 3 aliphatic rings. The number of methoxy groups -OCH3 is 3. The third kappa shape index (κ3) is 4.18. The van der Waals surface area contributed by atoms with Crippen LogP contribution in [0.4, 0.5) is 4.39 Å². The van der Waals surface area contributed by atoms with Crippen molar-refractivity contribution in [1.29, 1.82) is 0 Å². The van der Waals surface area contributed by atoms with Gasteiger partial charge in [0, 0.05) is 6.54 Å². The summed E-state index contributed by atoms with van der Waals surface area (Å²) in [6.45, 7) is 0.348. The summed E-state index contributed by atoms with van der Waals surface area (Å²) < 4.78 is 36.5. The van der Waals surface area contributed by atoms with Crippen LogP contribution in [0.2, 0.25) is 0 Å². The molecule has 1 saturated carbocycles. The van der Waals surface area contributed by atoms with Crippen molar-refractivity contribution in [3.63, 3.8) is 0 Å². The second-order valence-corrected chi connectivity index (χ2v) is 9.40. The highest BCUT2D eigenvalue weighted by molar-refractivity contribution is 6.11. The quantitative estimate of drug-likeness (QED) is 0.573. The largest absolute Gasteiger partial charge is 0.497 e. The van der Waals surface area contributed by atoms with E-state index >= 15 is 0 Å². The Morgan fingerprint density at radius 3 is 2.56 bits per heavy atom. The highest BCUT2D eigenvalue weighted by Crippen LogP contribution is 2.47. The maximum Gasteiger partial charge on any atom is 0.290 e. The summed E-state index contributed by atoms with van der Waals surface area (Å²) in [5.74, 6) is 0.895. The Hall–Kier alpha value is -3.55. The number of ketones is 1. The van der Waals surface area contributed by atoms with Gasteiger partial charge in [-0.25, -0.2) is 4.39 Å². The zero-order chi connectivity index (χ0) is 25.4. The molecular weight excluding hydrogens is 465 g/mol. The topological polar surface area (TPSA) is 74.3 Å². The average Bonchev–Trinajstić information content (AvgIpc) is 3.19. The number of halogens is 1. The summed E-state index contributed by atoms with van der Waals surface area (Å²) in [4.78, 5) is 29.0. The number of ether oxygens (including phenoxy) is 4. The molecular formula is C28H30FNO6.